The molecular weight excluding hydrogens is 372 g/mol. The average Bonchev–Trinajstić information content (AvgIpc) is 2.60. The van der Waals surface area contributed by atoms with E-state index in [4.69, 9.17) is 16.7 Å². The number of halogens is 1. The number of benzene rings is 2. The fourth-order valence-corrected chi connectivity index (χ4v) is 3.23. The van der Waals surface area contributed by atoms with Crippen LogP contribution in [0.1, 0.15) is 24.5 Å². The highest BCUT2D eigenvalue weighted by Gasteiger charge is 2.13. The number of hydrogen-bond donors (Lipinski definition) is 2. The Balaban J connectivity index is 1.73. The molecule has 0 aliphatic heterocycles. The maximum absolute atomic E-state index is 12.2. The van der Waals surface area contributed by atoms with E-state index in [1.54, 1.807) is 12.1 Å². The number of primary sulfonamides is 1. The van der Waals surface area contributed by atoms with Crippen LogP contribution in [0.5, 0.6) is 0 Å². The third-order valence-corrected chi connectivity index (χ3v) is 5.28. The van der Waals surface area contributed by atoms with Crippen molar-refractivity contribution in [1.29, 1.82) is 0 Å². The molecule has 0 aliphatic carbocycles. The van der Waals surface area contributed by atoms with Gasteiger partial charge < -0.3 is 5.32 Å². The van der Waals surface area contributed by atoms with E-state index in [0.717, 1.165) is 24.0 Å². The number of carbonyl (C=O) groups excluding carboxylic acids is 1. The number of amides is 1. The first-order valence-electron chi connectivity index (χ1n) is 8.39. The van der Waals surface area contributed by atoms with Gasteiger partial charge in [0.2, 0.25) is 15.9 Å². The van der Waals surface area contributed by atoms with Gasteiger partial charge >= 0.3 is 0 Å². The minimum Gasteiger partial charge on any atom is -0.356 e. The molecule has 0 radical (unpaired) electrons. The van der Waals surface area contributed by atoms with Crippen molar-refractivity contribution < 1.29 is 13.2 Å². The first kappa shape index (κ1) is 20.4. The van der Waals surface area contributed by atoms with E-state index in [-0.39, 0.29) is 16.7 Å². The third-order valence-electron chi connectivity index (χ3n) is 4.10. The summed E-state index contributed by atoms with van der Waals surface area (Å²) in [4.78, 5) is 12.3. The lowest BCUT2D eigenvalue weighted by Gasteiger charge is -2.12. The van der Waals surface area contributed by atoms with Crippen molar-refractivity contribution in [3.8, 4) is 0 Å². The first-order chi connectivity index (χ1) is 12.3. The quantitative estimate of drug-likeness (QED) is 0.674. The molecule has 0 fully saturated rings. The maximum atomic E-state index is 12.2. The van der Waals surface area contributed by atoms with Crippen molar-refractivity contribution in [1.82, 2.24) is 5.32 Å². The molecule has 140 valence electrons. The summed E-state index contributed by atoms with van der Waals surface area (Å²) in [6.45, 7) is 2.47. The lowest BCUT2D eigenvalue weighted by molar-refractivity contribution is -0.124. The highest BCUT2D eigenvalue weighted by atomic mass is 35.5. The molecule has 2 aromatic carbocycles. The summed E-state index contributed by atoms with van der Waals surface area (Å²) in [6, 6.07) is 14.0. The fraction of sp³-hybridized carbons (Fsp3) is 0.316. The molecule has 2 aromatic rings. The average molecular weight is 395 g/mol. The van der Waals surface area contributed by atoms with Crippen molar-refractivity contribution in [2.75, 3.05) is 6.54 Å². The number of carbonyl (C=O) groups is 1. The van der Waals surface area contributed by atoms with Gasteiger partial charge in [-0.05, 0) is 54.7 Å². The Morgan fingerprint density at radius 3 is 2.23 bits per heavy atom. The first-order valence-corrected chi connectivity index (χ1v) is 10.3. The van der Waals surface area contributed by atoms with Crippen LogP contribution < -0.4 is 10.5 Å². The number of hydrogen-bond acceptors (Lipinski definition) is 3. The Kier molecular flexibility index (Phi) is 7.20. The van der Waals surface area contributed by atoms with Crippen LogP contribution in [-0.2, 0) is 27.7 Å². The summed E-state index contributed by atoms with van der Waals surface area (Å²) < 4.78 is 22.4. The summed E-state index contributed by atoms with van der Waals surface area (Å²) in [7, 11) is -3.66. The van der Waals surface area contributed by atoms with Crippen LogP contribution in [0.25, 0.3) is 0 Å². The van der Waals surface area contributed by atoms with Crippen LogP contribution >= 0.6 is 11.6 Å². The Hall–Kier alpha value is -1.89. The summed E-state index contributed by atoms with van der Waals surface area (Å²) in [5.74, 6) is -0.102. The van der Waals surface area contributed by atoms with E-state index in [1.807, 2.05) is 31.2 Å². The molecule has 0 saturated heterocycles. The van der Waals surface area contributed by atoms with Crippen molar-refractivity contribution in [3.63, 3.8) is 0 Å². The topological polar surface area (TPSA) is 89.3 Å². The van der Waals surface area contributed by atoms with Crippen molar-refractivity contribution >= 4 is 27.5 Å². The number of nitrogens with one attached hydrogen (secondary N) is 1. The Bertz CT molecular complexity index is 834. The lowest BCUT2D eigenvalue weighted by Crippen LogP contribution is -2.31. The van der Waals surface area contributed by atoms with Crippen LogP contribution in [0.3, 0.4) is 0 Å². The second-order valence-corrected chi connectivity index (χ2v) is 8.31. The van der Waals surface area contributed by atoms with E-state index in [0.29, 0.717) is 18.0 Å². The standard InChI is InChI=1S/C19H23ClN2O3S/c1-14(13-16-4-8-17(20)9-5-16)19(23)22-12-2-3-15-6-10-18(11-7-15)26(21,24)25/h4-11,14H,2-3,12-13H2,1H3,(H,22,23)(H2,21,24,25). The van der Waals surface area contributed by atoms with E-state index in [1.165, 1.54) is 12.1 Å². The molecule has 0 spiro atoms. The zero-order valence-electron chi connectivity index (χ0n) is 14.6. The largest absolute Gasteiger partial charge is 0.356 e. The van der Waals surface area contributed by atoms with Crippen LogP contribution in [0.4, 0.5) is 0 Å². The fourth-order valence-electron chi connectivity index (χ4n) is 2.59. The van der Waals surface area contributed by atoms with Gasteiger partial charge in [0.15, 0.2) is 0 Å². The zero-order valence-corrected chi connectivity index (χ0v) is 16.2. The van der Waals surface area contributed by atoms with Gasteiger partial charge in [-0.15, -0.1) is 0 Å². The van der Waals surface area contributed by atoms with Crippen LogP contribution in [-0.4, -0.2) is 20.9 Å². The SMILES string of the molecule is CC(Cc1ccc(Cl)cc1)C(=O)NCCCc1ccc(S(N)(=O)=O)cc1. The summed E-state index contributed by atoms with van der Waals surface area (Å²) in [5, 5.41) is 8.69. The maximum Gasteiger partial charge on any atom is 0.238 e. The van der Waals surface area contributed by atoms with Gasteiger partial charge in [0.25, 0.3) is 0 Å². The van der Waals surface area contributed by atoms with E-state index < -0.39 is 10.0 Å². The van der Waals surface area contributed by atoms with Crippen LogP contribution in [0, 0.1) is 5.92 Å². The predicted molar refractivity (Wildman–Crippen MR) is 103 cm³/mol. The minimum absolute atomic E-state index is 0.0181. The number of rotatable bonds is 8. The molecule has 1 amide bonds. The minimum atomic E-state index is -3.66. The highest BCUT2D eigenvalue weighted by molar-refractivity contribution is 7.89. The highest BCUT2D eigenvalue weighted by Crippen LogP contribution is 2.14. The molecule has 5 nitrogen and oxygen atoms in total. The molecule has 0 bridgehead atoms. The molecule has 0 aromatic heterocycles. The van der Waals surface area contributed by atoms with E-state index in [2.05, 4.69) is 5.32 Å². The Morgan fingerprint density at radius 1 is 1.08 bits per heavy atom. The van der Waals surface area contributed by atoms with Crippen molar-refractivity contribution in [2.24, 2.45) is 11.1 Å². The number of nitrogens with two attached hydrogens (primary N) is 1. The molecule has 7 heteroatoms. The molecule has 2 rings (SSSR count). The molecule has 1 unspecified atom stereocenters. The van der Waals surface area contributed by atoms with Gasteiger partial charge in [0, 0.05) is 17.5 Å². The second kappa shape index (κ2) is 9.16. The monoisotopic (exact) mass is 394 g/mol. The summed E-state index contributed by atoms with van der Waals surface area (Å²) >= 11 is 5.86. The van der Waals surface area contributed by atoms with E-state index >= 15 is 0 Å². The van der Waals surface area contributed by atoms with E-state index in [9.17, 15) is 13.2 Å². The van der Waals surface area contributed by atoms with Gasteiger partial charge in [-0.2, -0.15) is 0 Å². The van der Waals surface area contributed by atoms with Gasteiger partial charge in [-0.1, -0.05) is 42.8 Å². The molecular formula is C19H23ClN2O3S. The molecule has 0 saturated carbocycles. The molecule has 1 atom stereocenters. The molecule has 0 aliphatic rings. The number of sulfonamides is 1. The normalized spacial score (nSPS) is 12.6. The summed E-state index contributed by atoms with van der Waals surface area (Å²) in [5.41, 5.74) is 2.08. The predicted octanol–water partition coefficient (Wildman–Crippen LogP) is 2.92. The number of aryl methyl sites for hydroxylation is 1. The molecule has 26 heavy (non-hydrogen) atoms. The summed E-state index contributed by atoms with van der Waals surface area (Å²) in [6.07, 6.45) is 2.18. The lowest BCUT2D eigenvalue weighted by atomic mass is 10.0. The Labute approximate surface area is 159 Å². The smallest absolute Gasteiger partial charge is 0.238 e. The second-order valence-electron chi connectivity index (χ2n) is 6.32. The van der Waals surface area contributed by atoms with Gasteiger partial charge in [0.05, 0.1) is 4.90 Å². The molecule has 0 heterocycles. The van der Waals surface area contributed by atoms with Crippen molar-refractivity contribution in [3.05, 3.63) is 64.7 Å². The molecule has 3 N–H and O–H groups in total. The zero-order chi connectivity index (χ0) is 19.2. The van der Waals surface area contributed by atoms with Crippen LogP contribution in [0.15, 0.2) is 53.4 Å². The third kappa shape index (κ3) is 6.44. The van der Waals surface area contributed by atoms with Crippen LogP contribution in [0.2, 0.25) is 5.02 Å². The van der Waals surface area contributed by atoms with Gasteiger partial charge in [0.1, 0.15) is 0 Å². The van der Waals surface area contributed by atoms with Gasteiger partial charge in [-0.25, -0.2) is 13.6 Å². The Morgan fingerprint density at radius 2 is 1.65 bits per heavy atom. The van der Waals surface area contributed by atoms with Gasteiger partial charge in [-0.3, -0.25) is 4.79 Å². The van der Waals surface area contributed by atoms with Crippen molar-refractivity contribution in [2.45, 2.75) is 31.1 Å².